The smallest absolute Gasteiger partial charge is 0.405 e. The Bertz CT molecular complexity index is 626. The summed E-state index contributed by atoms with van der Waals surface area (Å²) in [6.45, 7) is 1.21. The summed E-state index contributed by atoms with van der Waals surface area (Å²) in [5.74, 6) is 0.718. The molecule has 1 heterocycles. The van der Waals surface area contributed by atoms with Gasteiger partial charge >= 0.3 is 6.18 Å². The highest BCUT2D eigenvalue weighted by molar-refractivity contribution is 5.85. The standard InChI is InChI=1S/C18H26F3N3O3.ClH/c1-26-14-5-3-13(11-15(14)27-2)4-6-17(25)23-12-16(18(19,20)21)24-9-7-22-8-10-24;/h3,5,11,16,22H,4,6-10,12H2,1-2H3,(H,23,25);1H. The van der Waals surface area contributed by atoms with E-state index in [1.54, 1.807) is 18.2 Å². The van der Waals surface area contributed by atoms with Crippen molar-refractivity contribution >= 4 is 18.3 Å². The van der Waals surface area contributed by atoms with E-state index in [0.29, 0.717) is 44.1 Å². The van der Waals surface area contributed by atoms with Gasteiger partial charge in [-0.05, 0) is 24.1 Å². The second-order valence-electron chi connectivity index (χ2n) is 6.34. The van der Waals surface area contributed by atoms with Gasteiger partial charge in [0.15, 0.2) is 11.5 Å². The number of carbonyl (C=O) groups is 1. The molecule has 1 aromatic rings. The molecule has 0 bridgehead atoms. The molecule has 1 aliphatic rings. The highest BCUT2D eigenvalue weighted by atomic mass is 35.5. The molecule has 0 radical (unpaired) electrons. The molecule has 0 aromatic heterocycles. The molecule has 28 heavy (non-hydrogen) atoms. The van der Waals surface area contributed by atoms with Gasteiger partial charge in [-0.25, -0.2) is 0 Å². The van der Waals surface area contributed by atoms with Crippen LogP contribution in [0.2, 0.25) is 0 Å². The maximum Gasteiger partial charge on any atom is 0.405 e. The molecule has 1 saturated heterocycles. The van der Waals surface area contributed by atoms with Gasteiger partial charge in [-0.3, -0.25) is 9.69 Å². The summed E-state index contributed by atoms with van der Waals surface area (Å²) < 4.78 is 50.3. The number of rotatable bonds is 8. The van der Waals surface area contributed by atoms with Crippen molar-refractivity contribution in [3.63, 3.8) is 0 Å². The molecule has 1 aromatic carbocycles. The highest BCUT2D eigenvalue weighted by Crippen LogP contribution is 2.28. The first-order chi connectivity index (χ1) is 12.8. The highest BCUT2D eigenvalue weighted by Gasteiger charge is 2.43. The number of piperazine rings is 1. The average molecular weight is 426 g/mol. The summed E-state index contributed by atoms with van der Waals surface area (Å²) in [4.78, 5) is 13.4. The van der Waals surface area contributed by atoms with E-state index in [2.05, 4.69) is 10.6 Å². The lowest BCUT2D eigenvalue weighted by Crippen LogP contribution is -2.57. The Balaban J connectivity index is 0.00000392. The molecule has 1 unspecified atom stereocenters. The van der Waals surface area contributed by atoms with Gasteiger partial charge in [0.25, 0.3) is 0 Å². The first kappa shape index (κ1) is 24.3. The summed E-state index contributed by atoms with van der Waals surface area (Å²) in [6, 6.07) is 3.62. The molecule has 0 aliphatic carbocycles. The van der Waals surface area contributed by atoms with E-state index in [9.17, 15) is 18.0 Å². The Morgan fingerprint density at radius 3 is 2.43 bits per heavy atom. The van der Waals surface area contributed by atoms with E-state index in [0.717, 1.165) is 5.56 Å². The van der Waals surface area contributed by atoms with E-state index in [-0.39, 0.29) is 18.8 Å². The molecule has 160 valence electrons. The minimum atomic E-state index is -4.38. The van der Waals surface area contributed by atoms with Crippen molar-refractivity contribution in [3.05, 3.63) is 23.8 Å². The van der Waals surface area contributed by atoms with Crippen LogP contribution in [0.15, 0.2) is 18.2 Å². The first-order valence-electron chi connectivity index (χ1n) is 8.84. The fourth-order valence-electron chi connectivity index (χ4n) is 3.04. The maximum atomic E-state index is 13.3. The summed E-state index contributed by atoms with van der Waals surface area (Å²) >= 11 is 0. The van der Waals surface area contributed by atoms with Crippen LogP contribution in [0.3, 0.4) is 0 Å². The van der Waals surface area contributed by atoms with Gasteiger partial charge in [0.2, 0.25) is 5.91 Å². The number of carbonyl (C=O) groups excluding carboxylic acids is 1. The molecule has 6 nitrogen and oxygen atoms in total. The molecule has 2 rings (SSSR count). The number of halogens is 4. The third-order valence-corrected chi connectivity index (χ3v) is 4.55. The van der Waals surface area contributed by atoms with Crippen molar-refractivity contribution in [2.24, 2.45) is 0 Å². The number of aryl methyl sites for hydroxylation is 1. The van der Waals surface area contributed by atoms with Crippen LogP contribution in [0.25, 0.3) is 0 Å². The summed E-state index contributed by atoms with van der Waals surface area (Å²) in [7, 11) is 3.04. The third-order valence-electron chi connectivity index (χ3n) is 4.55. The molecular weight excluding hydrogens is 399 g/mol. The number of nitrogens with one attached hydrogen (secondary N) is 2. The SMILES string of the molecule is COc1ccc(CCC(=O)NCC(N2CCNCC2)C(F)(F)F)cc1OC.Cl. The Kier molecular flexibility index (Phi) is 9.84. The Labute approximate surface area is 169 Å². The molecule has 0 saturated carbocycles. The number of amides is 1. The average Bonchev–Trinajstić information content (AvgIpc) is 2.66. The van der Waals surface area contributed by atoms with Gasteiger partial charge in [-0.2, -0.15) is 13.2 Å². The topological polar surface area (TPSA) is 62.8 Å². The van der Waals surface area contributed by atoms with E-state index >= 15 is 0 Å². The molecular formula is C18H27ClF3N3O3. The Morgan fingerprint density at radius 1 is 1.21 bits per heavy atom. The Hall–Kier alpha value is -1.71. The third kappa shape index (κ3) is 7.03. The van der Waals surface area contributed by atoms with E-state index < -0.39 is 24.7 Å². The molecule has 1 fully saturated rings. The number of methoxy groups -OCH3 is 2. The van der Waals surface area contributed by atoms with Crippen LogP contribution in [-0.4, -0.2) is 70.0 Å². The van der Waals surface area contributed by atoms with Gasteiger partial charge in [-0.15, -0.1) is 12.4 Å². The first-order valence-corrected chi connectivity index (χ1v) is 8.84. The molecule has 0 spiro atoms. The quantitative estimate of drug-likeness (QED) is 0.667. The van der Waals surface area contributed by atoms with Gasteiger partial charge in [0.05, 0.1) is 14.2 Å². The zero-order valence-corrected chi connectivity index (χ0v) is 16.8. The second kappa shape index (κ2) is 11.3. The fourth-order valence-corrected chi connectivity index (χ4v) is 3.04. The summed E-state index contributed by atoms with van der Waals surface area (Å²) in [6.07, 6.45) is -3.88. The minimum Gasteiger partial charge on any atom is -0.493 e. The molecule has 1 atom stereocenters. The van der Waals surface area contributed by atoms with Gasteiger partial charge < -0.3 is 20.1 Å². The van der Waals surface area contributed by atoms with Crippen molar-refractivity contribution in [1.29, 1.82) is 0 Å². The van der Waals surface area contributed by atoms with Gasteiger partial charge in [0.1, 0.15) is 6.04 Å². The van der Waals surface area contributed by atoms with Gasteiger partial charge in [0, 0.05) is 39.1 Å². The number of hydrogen-bond acceptors (Lipinski definition) is 5. The van der Waals surface area contributed by atoms with Crippen molar-refractivity contribution in [2.75, 3.05) is 46.9 Å². The van der Waals surface area contributed by atoms with Crippen molar-refractivity contribution < 1.29 is 27.4 Å². The molecule has 2 N–H and O–H groups in total. The van der Waals surface area contributed by atoms with Crippen LogP contribution >= 0.6 is 12.4 Å². The monoisotopic (exact) mass is 425 g/mol. The summed E-state index contributed by atoms with van der Waals surface area (Å²) in [5, 5.41) is 5.46. The lowest BCUT2D eigenvalue weighted by Gasteiger charge is -2.35. The number of hydrogen-bond donors (Lipinski definition) is 2. The zero-order valence-electron chi connectivity index (χ0n) is 16.0. The number of benzene rings is 1. The van der Waals surface area contributed by atoms with Crippen LogP contribution in [0, 0.1) is 0 Å². The predicted molar refractivity (Wildman–Crippen MR) is 102 cm³/mol. The van der Waals surface area contributed by atoms with E-state index in [1.807, 2.05) is 0 Å². The second-order valence-corrected chi connectivity index (χ2v) is 6.34. The van der Waals surface area contributed by atoms with Crippen LogP contribution < -0.4 is 20.1 Å². The molecule has 1 amide bonds. The molecule has 1 aliphatic heterocycles. The van der Waals surface area contributed by atoms with Gasteiger partial charge in [-0.1, -0.05) is 6.07 Å². The fraction of sp³-hybridized carbons (Fsp3) is 0.611. The van der Waals surface area contributed by atoms with Crippen LogP contribution in [0.4, 0.5) is 13.2 Å². The number of ether oxygens (including phenoxy) is 2. The minimum absolute atomic E-state index is 0. The largest absolute Gasteiger partial charge is 0.493 e. The predicted octanol–water partition coefficient (Wildman–Crippen LogP) is 2.01. The van der Waals surface area contributed by atoms with Crippen LogP contribution in [0.5, 0.6) is 11.5 Å². The lowest BCUT2D eigenvalue weighted by atomic mass is 10.1. The Morgan fingerprint density at radius 2 is 1.86 bits per heavy atom. The van der Waals surface area contributed by atoms with Crippen LogP contribution in [-0.2, 0) is 11.2 Å². The van der Waals surface area contributed by atoms with E-state index in [1.165, 1.54) is 19.1 Å². The summed E-state index contributed by atoms with van der Waals surface area (Å²) in [5.41, 5.74) is 0.845. The lowest BCUT2D eigenvalue weighted by molar-refractivity contribution is -0.184. The van der Waals surface area contributed by atoms with Crippen molar-refractivity contribution in [3.8, 4) is 11.5 Å². The van der Waals surface area contributed by atoms with Crippen molar-refractivity contribution in [1.82, 2.24) is 15.5 Å². The normalized spacial score (nSPS) is 16.0. The van der Waals surface area contributed by atoms with E-state index in [4.69, 9.17) is 9.47 Å². The number of nitrogens with zero attached hydrogens (tertiary/aromatic N) is 1. The van der Waals surface area contributed by atoms with Crippen molar-refractivity contribution in [2.45, 2.75) is 25.1 Å². The molecule has 10 heteroatoms. The van der Waals surface area contributed by atoms with Crippen LogP contribution in [0.1, 0.15) is 12.0 Å². The number of alkyl halides is 3. The maximum absolute atomic E-state index is 13.3. The zero-order chi connectivity index (χ0) is 19.9.